The number of carbonyl (C=O) groups excluding carboxylic acids is 1. The number of carbonyl (C=O) groups is 2. The Morgan fingerprint density at radius 1 is 1.64 bits per heavy atom. The Kier molecular flexibility index (Phi) is 2.80. The number of ether oxygens (including phenoxy) is 1. The Bertz CT molecular complexity index is 360. The number of hydrogen-bond donors (Lipinski definition) is 1. The maximum Gasteiger partial charge on any atom is 0.358 e. The van der Waals surface area contributed by atoms with Gasteiger partial charge in [-0.2, -0.15) is 0 Å². The SMILES string of the molecule is COC(=O)C(C)n1cc(C(=O)O)nn1. The van der Waals surface area contributed by atoms with Gasteiger partial charge in [-0.25, -0.2) is 14.3 Å². The maximum atomic E-state index is 11.0. The van der Waals surface area contributed by atoms with E-state index in [4.69, 9.17) is 5.11 Å². The normalized spacial score (nSPS) is 12.1. The van der Waals surface area contributed by atoms with Crippen molar-refractivity contribution >= 4 is 11.9 Å². The van der Waals surface area contributed by atoms with Crippen LogP contribution in [0.25, 0.3) is 0 Å². The molecule has 0 saturated carbocycles. The molecule has 0 fully saturated rings. The van der Waals surface area contributed by atoms with E-state index >= 15 is 0 Å². The van der Waals surface area contributed by atoms with Gasteiger partial charge in [0.05, 0.1) is 13.3 Å². The highest BCUT2D eigenvalue weighted by Gasteiger charge is 2.18. The second-order valence-electron chi connectivity index (χ2n) is 2.59. The van der Waals surface area contributed by atoms with Gasteiger partial charge in [-0.15, -0.1) is 5.10 Å². The zero-order valence-electron chi connectivity index (χ0n) is 7.67. The predicted octanol–water partition coefficient (Wildman–Crippen LogP) is -0.290. The maximum absolute atomic E-state index is 11.0. The molecule has 1 heterocycles. The molecule has 0 saturated heterocycles. The van der Waals surface area contributed by atoms with Crippen LogP contribution in [0.3, 0.4) is 0 Å². The third-order valence-electron chi connectivity index (χ3n) is 1.67. The van der Waals surface area contributed by atoms with Gasteiger partial charge in [0.15, 0.2) is 5.69 Å². The van der Waals surface area contributed by atoms with Crippen LogP contribution in [0.15, 0.2) is 6.20 Å². The summed E-state index contributed by atoms with van der Waals surface area (Å²) in [6.07, 6.45) is 1.17. The molecule has 0 aromatic carbocycles. The molecule has 0 aliphatic carbocycles. The van der Waals surface area contributed by atoms with Gasteiger partial charge in [-0.3, -0.25) is 0 Å². The van der Waals surface area contributed by atoms with E-state index in [2.05, 4.69) is 15.0 Å². The summed E-state index contributed by atoms with van der Waals surface area (Å²) < 4.78 is 5.60. The van der Waals surface area contributed by atoms with Crippen molar-refractivity contribution in [2.24, 2.45) is 0 Å². The Morgan fingerprint density at radius 3 is 2.71 bits per heavy atom. The Balaban J connectivity index is 2.86. The second kappa shape index (κ2) is 3.86. The van der Waals surface area contributed by atoms with E-state index in [1.54, 1.807) is 0 Å². The number of carboxylic acids is 1. The fourth-order valence-corrected chi connectivity index (χ4v) is 0.843. The molecule has 1 unspecified atom stereocenters. The van der Waals surface area contributed by atoms with E-state index in [1.807, 2.05) is 0 Å². The van der Waals surface area contributed by atoms with Gasteiger partial charge >= 0.3 is 11.9 Å². The summed E-state index contributed by atoms with van der Waals surface area (Å²) in [4.78, 5) is 21.5. The largest absolute Gasteiger partial charge is 0.476 e. The number of methoxy groups -OCH3 is 1. The minimum absolute atomic E-state index is 0.208. The Morgan fingerprint density at radius 2 is 2.29 bits per heavy atom. The monoisotopic (exact) mass is 199 g/mol. The molecule has 76 valence electrons. The molecule has 7 nitrogen and oxygen atoms in total. The summed E-state index contributed by atoms with van der Waals surface area (Å²) >= 11 is 0. The van der Waals surface area contributed by atoms with Crippen molar-refractivity contribution in [2.45, 2.75) is 13.0 Å². The van der Waals surface area contributed by atoms with Crippen molar-refractivity contribution in [3.63, 3.8) is 0 Å². The van der Waals surface area contributed by atoms with Gasteiger partial charge in [0, 0.05) is 0 Å². The Labute approximate surface area is 79.3 Å². The molecular formula is C7H9N3O4. The number of hydrogen-bond acceptors (Lipinski definition) is 5. The lowest BCUT2D eigenvalue weighted by Gasteiger charge is -2.07. The number of aromatic nitrogens is 3. The topological polar surface area (TPSA) is 94.3 Å². The number of esters is 1. The molecule has 1 aromatic rings. The molecule has 0 aliphatic rings. The van der Waals surface area contributed by atoms with Crippen molar-refractivity contribution < 1.29 is 19.4 Å². The van der Waals surface area contributed by atoms with E-state index in [9.17, 15) is 9.59 Å². The second-order valence-corrected chi connectivity index (χ2v) is 2.59. The highest BCUT2D eigenvalue weighted by atomic mass is 16.5. The zero-order chi connectivity index (χ0) is 10.7. The average Bonchev–Trinajstić information content (AvgIpc) is 2.64. The fourth-order valence-electron chi connectivity index (χ4n) is 0.843. The van der Waals surface area contributed by atoms with Crippen LogP contribution in [0.1, 0.15) is 23.5 Å². The lowest BCUT2D eigenvalue weighted by molar-refractivity contribution is -0.144. The van der Waals surface area contributed by atoms with Crippen molar-refractivity contribution in [1.82, 2.24) is 15.0 Å². The van der Waals surface area contributed by atoms with Crippen LogP contribution in [0.4, 0.5) is 0 Å². The third kappa shape index (κ3) is 1.87. The molecule has 1 aromatic heterocycles. The smallest absolute Gasteiger partial charge is 0.358 e. The van der Waals surface area contributed by atoms with Gasteiger partial charge in [0.2, 0.25) is 0 Å². The van der Waals surface area contributed by atoms with Gasteiger partial charge in [-0.05, 0) is 6.92 Å². The standard InChI is InChI=1S/C7H9N3O4/c1-4(7(13)14-2)10-3-5(6(11)12)8-9-10/h3-4H,1-2H3,(H,11,12). The van der Waals surface area contributed by atoms with Crippen LogP contribution < -0.4 is 0 Å². The Hall–Kier alpha value is -1.92. The van der Waals surface area contributed by atoms with Gasteiger partial charge < -0.3 is 9.84 Å². The van der Waals surface area contributed by atoms with Crippen LogP contribution in [0.5, 0.6) is 0 Å². The summed E-state index contributed by atoms with van der Waals surface area (Å²) in [7, 11) is 1.24. The summed E-state index contributed by atoms with van der Waals surface area (Å²) in [5.41, 5.74) is -0.208. The van der Waals surface area contributed by atoms with Gasteiger partial charge in [-0.1, -0.05) is 5.21 Å². The first kappa shape index (κ1) is 10.2. The molecular weight excluding hydrogens is 190 g/mol. The molecule has 0 bridgehead atoms. The first-order valence-corrected chi connectivity index (χ1v) is 3.79. The lowest BCUT2D eigenvalue weighted by Crippen LogP contribution is -2.18. The molecule has 0 amide bonds. The van der Waals surface area contributed by atoms with Crippen LogP contribution in [0, 0.1) is 0 Å². The van der Waals surface area contributed by atoms with E-state index in [0.29, 0.717) is 0 Å². The third-order valence-corrected chi connectivity index (χ3v) is 1.67. The van der Waals surface area contributed by atoms with Crippen molar-refractivity contribution in [3.8, 4) is 0 Å². The summed E-state index contributed by atoms with van der Waals surface area (Å²) in [5.74, 6) is -1.69. The summed E-state index contributed by atoms with van der Waals surface area (Å²) in [6.45, 7) is 1.53. The lowest BCUT2D eigenvalue weighted by atomic mass is 10.3. The van der Waals surface area contributed by atoms with E-state index in [0.717, 1.165) is 4.68 Å². The highest BCUT2D eigenvalue weighted by molar-refractivity contribution is 5.84. The van der Waals surface area contributed by atoms with Crippen molar-refractivity contribution in [3.05, 3.63) is 11.9 Å². The minimum atomic E-state index is -1.19. The molecule has 0 radical (unpaired) electrons. The van der Waals surface area contributed by atoms with Crippen LogP contribution in [0.2, 0.25) is 0 Å². The predicted molar refractivity (Wildman–Crippen MR) is 43.7 cm³/mol. The zero-order valence-corrected chi connectivity index (χ0v) is 7.67. The molecule has 1 atom stereocenters. The quantitative estimate of drug-likeness (QED) is 0.672. The number of rotatable bonds is 3. The van der Waals surface area contributed by atoms with Gasteiger partial charge in [0.25, 0.3) is 0 Å². The molecule has 7 heteroatoms. The van der Waals surface area contributed by atoms with Gasteiger partial charge in [0.1, 0.15) is 6.04 Å². The first-order valence-electron chi connectivity index (χ1n) is 3.79. The molecule has 1 rings (SSSR count). The highest BCUT2D eigenvalue weighted by Crippen LogP contribution is 2.05. The first-order chi connectivity index (χ1) is 6.56. The van der Waals surface area contributed by atoms with E-state index in [-0.39, 0.29) is 5.69 Å². The molecule has 14 heavy (non-hydrogen) atoms. The number of aromatic carboxylic acids is 1. The van der Waals surface area contributed by atoms with Crippen LogP contribution in [-0.2, 0) is 9.53 Å². The van der Waals surface area contributed by atoms with Crippen molar-refractivity contribution in [2.75, 3.05) is 7.11 Å². The molecule has 0 spiro atoms. The fraction of sp³-hybridized carbons (Fsp3) is 0.429. The average molecular weight is 199 g/mol. The number of nitrogens with zero attached hydrogens (tertiary/aromatic N) is 3. The molecule has 0 aliphatic heterocycles. The minimum Gasteiger partial charge on any atom is -0.476 e. The van der Waals surface area contributed by atoms with E-state index < -0.39 is 18.0 Å². The molecule has 1 N–H and O–H groups in total. The number of carboxylic acid groups (broad SMARTS) is 1. The summed E-state index contributed by atoms with van der Waals surface area (Å²) in [6, 6.07) is -0.680. The summed E-state index contributed by atoms with van der Waals surface area (Å²) in [5, 5.41) is 15.4. The van der Waals surface area contributed by atoms with Crippen molar-refractivity contribution in [1.29, 1.82) is 0 Å². The van der Waals surface area contributed by atoms with E-state index in [1.165, 1.54) is 20.2 Å². The van der Waals surface area contributed by atoms with Crippen LogP contribution >= 0.6 is 0 Å². The van der Waals surface area contributed by atoms with Crippen LogP contribution in [-0.4, -0.2) is 39.1 Å².